The van der Waals surface area contributed by atoms with E-state index in [1.807, 2.05) is 30.4 Å². The van der Waals surface area contributed by atoms with Crippen LogP contribution in [0.25, 0.3) is 16.8 Å². The number of aromatic nitrogens is 1. The van der Waals surface area contributed by atoms with Crippen LogP contribution in [0.3, 0.4) is 0 Å². The zero-order valence-corrected chi connectivity index (χ0v) is 9.43. The molecular weight excluding hydrogens is 214 g/mol. The highest BCUT2D eigenvalue weighted by Crippen LogP contribution is 2.32. The van der Waals surface area contributed by atoms with Crippen LogP contribution in [-0.4, -0.2) is 17.9 Å². The minimum absolute atomic E-state index is 0.102. The maximum atomic E-state index is 12.0. The minimum Gasteiger partial charge on any atom is -0.496 e. The van der Waals surface area contributed by atoms with Crippen molar-refractivity contribution in [3.63, 3.8) is 0 Å². The van der Waals surface area contributed by atoms with Gasteiger partial charge >= 0.3 is 0 Å². The third-order valence-electron chi connectivity index (χ3n) is 2.99. The van der Waals surface area contributed by atoms with E-state index in [1.165, 1.54) is 0 Å². The smallest absolute Gasteiger partial charge is 0.169 e. The number of allylic oxidation sites excluding steroid dienone is 1. The fourth-order valence-corrected chi connectivity index (χ4v) is 2.21. The van der Waals surface area contributed by atoms with E-state index in [4.69, 9.17) is 4.74 Å². The summed E-state index contributed by atoms with van der Waals surface area (Å²) < 4.78 is 5.34. The van der Waals surface area contributed by atoms with Crippen molar-refractivity contribution in [2.75, 3.05) is 7.11 Å². The third kappa shape index (κ3) is 1.43. The molecule has 17 heavy (non-hydrogen) atoms. The number of rotatable bonds is 1. The predicted molar refractivity (Wildman–Crippen MR) is 66.3 cm³/mol. The van der Waals surface area contributed by atoms with Gasteiger partial charge in [0.25, 0.3) is 0 Å². The minimum atomic E-state index is 0.102. The van der Waals surface area contributed by atoms with Gasteiger partial charge in [-0.1, -0.05) is 18.2 Å². The Bertz CT molecular complexity index is 644. The number of carbonyl (C=O) groups excluding carboxylic acids is 1. The highest BCUT2D eigenvalue weighted by atomic mass is 16.5. The van der Waals surface area contributed by atoms with Crippen LogP contribution in [0.5, 0.6) is 5.75 Å². The lowest BCUT2D eigenvalue weighted by molar-refractivity contribution is 0.0995. The second-order valence-electron chi connectivity index (χ2n) is 3.97. The Balaban J connectivity index is 2.47. The SMILES string of the molecule is COc1cccc2cnc3c(c12)C(=O)CC=C3. The van der Waals surface area contributed by atoms with Gasteiger partial charge in [-0.05, 0) is 12.1 Å². The van der Waals surface area contributed by atoms with Crippen LogP contribution in [0.4, 0.5) is 0 Å². The number of fused-ring (bicyclic) bond motifs is 3. The zero-order valence-electron chi connectivity index (χ0n) is 9.43. The molecule has 0 spiro atoms. The van der Waals surface area contributed by atoms with Crippen molar-refractivity contribution in [2.45, 2.75) is 6.42 Å². The Kier molecular flexibility index (Phi) is 2.18. The first-order valence-electron chi connectivity index (χ1n) is 5.46. The van der Waals surface area contributed by atoms with Gasteiger partial charge in [0, 0.05) is 23.4 Å². The molecule has 1 aliphatic carbocycles. The fraction of sp³-hybridized carbons (Fsp3) is 0.143. The molecule has 0 amide bonds. The average molecular weight is 225 g/mol. The molecule has 0 atom stereocenters. The standard InChI is InChI=1S/C14H11NO2/c1-17-12-7-2-4-9-8-15-10-5-3-6-11(16)14(10)13(9)12/h2-5,7-8H,6H2,1H3. The summed E-state index contributed by atoms with van der Waals surface area (Å²) in [4.78, 5) is 16.3. The summed E-state index contributed by atoms with van der Waals surface area (Å²) in [5.41, 5.74) is 1.42. The first kappa shape index (κ1) is 10.0. The Morgan fingerprint density at radius 1 is 1.35 bits per heavy atom. The van der Waals surface area contributed by atoms with Crippen LogP contribution in [0.2, 0.25) is 0 Å². The molecule has 0 fully saturated rings. The summed E-state index contributed by atoms with van der Waals surface area (Å²) in [5, 5.41) is 1.81. The largest absolute Gasteiger partial charge is 0.496 e. The van der Waals surface area contributed by atoms with E-state index in [0.717, 1.165) is 22.2 Å². The molecule has 3 heteroatoms. The van der Waals surface area contributed by atoms with Gasteiger partial charge in [-0.15, -0.1) is 0 Å². The van der Waals surface area contributed by atoms with Crippen LogP contribution in [0.15, 0.2) is 30.5 Å². The second-order valence-corrected chi connectivity index (χ2v) is 3.97. The number of ether oxygens (including phenoxy) is 1. The number of benzene rings is 1. The first-order valence-corrected chi connectivity index (χ1v) is 5.46. The molecule has 2 aromatic rings. The van der Waals surface area contributed by atoms with E-state index in [9.17, 15) is 4.79 Å². The van der Waals surface area contributed by atoms with E-state index in [-0.39, 0.29) is 5.78 Å². The normalized spacial score (nSPS) is 13.8. The van der Waals surface area contributed by atoms with Crippen molar-refractivity contribution in [1.82, 2.24) is 4.98 Å². The summed E-state index contributed by atoms with van der Waals surface area (Å²) in [7, 11) is 1.62. The molecule has 0 radical (unpaired) electrons. The molecule has 1 heterocycles. The average Bonchev–Trinajstić information content (AvgIpc) is 2.38. The van der Waals surface area contributed by atoms with Gasteiger partial charge in [-0.3, -0.25) is 9.78 Å². The number of hydrogen-bond acceptors (Lipinski definition) is 3. The Hall–Kier alpha value is -2.16. The van der Waals surface area contributed by atoms with Gasteiger partial charge in [0.1, 0.15) is 5.75 Å². The summed E-state index contributed by atoms with van der Waals surface area (Å²) >= 11 is 0. The third-order valence-corrected chi connectivity index (χ3v) is 2.99. The second kappa shape index (κ2) is 3.70. The van der Waals surface area contributed by atoms with Crippen molar-refractivity contribution < 1.29 is 9.53 Å². The van der Waals surface area contributed by atoms with Crippen LogP contribution in [0, 0.1) is 0 Å². The highest BCUT2D eigenvalue weighted by molar-refractivity contribution is 6.13. The number of methoxy groups -OCH3 is 1. The lowest BCUT2D eigenvalue weighted by atomic mass is 9.95. The van der Waals surface area contributed by atoms with Gasteiger partial charge in [0.15, 0.2) is 5.78 Å². The van der Waals surface area contributed by atoms with E-state index in [1.54, 1.807) is 13.3 Å². The van der Waals surface area contributed by atoms with Crippen molar-refractivity contribution in [1.29, 1.82) is 0 Å². The van der Waals surface area contributed by atoms with Gasteiger partial charge in [-0.25, -0.2) is 0 Å². The lowest BCUT2D eigenvalue weighted by Crippen LogP contribution is -2.07. The maximum absolute atomic E-state index is 12.0. The van der Waals surface area contributed by atoms with Crippen LogP contribution >= 0.6 is 0 Å². The summed E-state index contributed by atoms with van der Waals surface area (Å²) in [6, 6.07) is 5.71. The molecule has 3 rings (SSSR count). The number of pyridine rings is 1. The molecule has 84 valence electrons. The monoisotopic (exact) mass is 225 g/mol. The molecule has 1 aromatic heterocycles. The van der Waals surface area contributed by atoms with E-state index < -0.39 is 0 Å². The molecule has 3 nitrogen and oxygen atoms in total. The molecule has 1 aromatic carbocycles. The van der Waals surface area contributed by atoms with Gasteiger partial charge in [0.05, 0.1) is 18.4 Å². The van der Waals surface area contributed by atoms with Gasteiger partial charge in [-0.2, -0.15) is 0 Å². The topological polar surface area (TPSA) is 39.2 Å². The van der Waals surface area contributed by atoms with Crippen molar-refractivity contribution in [3.05, 3.63) is 41.7 Å². The maximum Gasteiger partial charge on any atom is 0.169 e. The van der Waals surface area contributed by atoms with Crippen molar-refractivity contribution >= 4 is 22.6 Å². The van der Waals surface area contributed by atoms with Crippen LogP contribution < -0.4 is 4.74 Å². The summed E-state index contributed by atoms with van der Waals surface area (Å²) in [5.74, 6) is 0.829. The molecular formula is C14H11NO2. The first-order chi connectivity index (χ1) is 8.31. The van der Waals surface area contributed by atoms with Crippen LogP contribution in [0.1, 0.15) is 22.5 Å². The molecule has 1 aliphatic rings. The zero-order chi connectivity index (χ0) is 11.8. The molecule has 0 saturated carbocycles. The number of nitrogens with zero attached hydrogens (tertiary/aromatic N) is 1. The van der Waals surface area contributed by atoms with Crippen LogP contribution in [-0.2, 0) is 0 Å². The molecule has 0 bridgehead atoms. The summed E-state index contributed by atoms with van der Waals surface area (Å²) in [6.07, 6.45) is 5.95. The van der Waals surface area contributed by atoms with Gasteiger partial charge < -0.3 is 4.74 Å². The number of hydrogen-bond donors (Lipinski definition) is 0. The molecule has 0 N–H and O–H groups in total. The number of ketones is 1. The molecule has 0 unspecified atom stereocenters. The fourth-order valence-electron chi connectivity index (χ4n) is 2.21. The highest BCUT2D eigenvalue weighted by Gasteiger charge is 2.19. The van der Waals surface area contributed by atoms with Crippen molar-refractivity contribution in [3.8, 4) is 5.75 Å². The number of carbonyl (C=O) groups is 1. The summed E-state index contributed by atoms with van der Waals surface area (Å²) in [6.45, 7) is 0. The van der Waals surface area contributed by atoms with Gasteiger partial charge in [0.2, 0.25) is 0 Å². The Morgan fingerprint density at radius 3 is 3.06 bits per heavy atom. The Morgan fingerprint density at radius 2 is 2.24 bits per heavy atom. The van der Waals surface area contributed by atoms with Crippen molar-refractivity contribution in [2.24, 2.45) is 0 Å². The molecule has 0 aliphatic heterocycles. The lowest BCUT2D eigenvalue weighted by Gasteiger charge is -2.14. The number of Topliss-reactive ketones (excluding diaryl/α,β-unsaturated/α-hetero) is 1. The van der Waals surface area contributed by atoms with E-state index in [0.29, 0.717) is 12.0 Å². The Labute approximate surface area is 98.7 Å². The predicted octanol–water partition coefficient (Wildman–Crippen LogP) is 2.84. The van der Waals surface area contributed by atoms with E-state index in [2.05, 4.69) is 4.98 Å². The van der Waals surface area contributed by atoms with E-state index >= 15 is 0 Å². The molecule has 0 saturated heterocycles. The quantitative estimate of drug-likeness (QED) is 0.749.